The van der Waals surface area contributed by atoms with Crippen LogP contribution in [0.4, 0.5) is 0 Å². The Hall–Kier alpha value is -1.69. The zero-order valence-corrected chi connectivity index (χ0v) is 11.4. The van der Waals surface area contributed by atoms with Gasteiger partial charge in [0.15, 0.2) is 0 Å². The second kappa shape index (κ2) is 4.89. The predicted octanol–water partition coefficient (Wildman–Crippen LogP) is 0.566. The summed E-state index contributed by atoms with van der Waals surface area (Å²) in [5.41, 5.74) is 10.2. The van der Waals surface area contributed by atoms with E-state index in [1.165, 1.54) is 5.56 Å². The van der Waals surface area contributed by atoms with Crippen LogP contribution >= 0.6 is 0 Å². The van der Waals surface area contributed by atoms with Crippen LogP contribution in [0.3, 0.4) is 0 Å². The van der Waals surface area contributed by atoms with Crippen molar-refractivity contribution in [1.29, 1.82) is 0 Å². The van der Waals surface area contributed by atoms with Crippen LogP contribution in [0.2, 0.25) is 0 Å². The minimum Gasteiger partial charge on any atom is -0.328 e. The molecule has 0 aliphatic rings. The largest absolute Gasteiger partial charge is 0.328 e. The lowest BCUT2D eigenvalue weighted by molar-refractivity contribution is 0.641. The molecular weight excluding hydrogens is 228 g/mol. The molecule has 0 aliphatic heterocycles. The Balaban J connectivity index is 2.24. The summed E-state index contributed by atoms with van der Waals surface area (Å²) in [6, 6.07) is 0.150. The van der Waals surface area contributed by atoms with Crippen molar-refractivity contribution in [1.82, 2.24) is 24.8 Å². The summed E-state index contributed by atoms with van der Waals surface area (Å²) < 4.78 is 3.67. The number of aromatic nitrogens is 5. The molecule has 98 valence electrons. The first-order chi connectivity index (χ1) is 8.47. The van der Waals surface area contributed by atoms with Crippen LogP contribution in [0.15, 0.2) is 6.20 Å². The average molecular weight is 248 g/mol. The van der Waals surface area contributed by atoms with Crippen molar-refractivity contribution < 1.29 is 0 Å². The summed E-state index contributed by atoms with van der Waals surface area (Å²) in [4.78, 5) is 0. The fourth-order valence-electron chi connectivity index (χ4n) is 2.13. The van der Waals surface area contributed by atoms with Crippen LogP contribution in [-0.2, 0) is 20.0 Å². The molecular formula is C12H20N6. The van der Waals surface area contributed by atoms with Gasteiger partial charge in [-0.1, -0.05) is 5.21 Å². The van der Waals surface area contributed by atoms with Gasteiger partial charge in [-0.05, 0) is 32.8 Å². The normalized spacial score (nSPS) is 12.9. The molecule has 0 spiro atoms. The van der Waals surface area contributed by atoms with E-state index in [1.807, 2.05) is 31.8 Å². The van der Waals surface area contributed by atoms with Crippen molar-refractivity contribution in [3.63, 3.8) is 0 Å². The maximum Gasteiger partial charge on any atom is 0.104 e. The van der Waals surface area contributed by atoms with E-state index >= 15 is 0 Å². The van der Waals surface area contributed by atoms with Crippen molar-refractivity contribution in [2.24, 2.45) is 12.8 Å². The third-order valence-corrected chi connectivity index (χ3v) is 3.02. The predicted molar refractivity (Wildman–Crippen MR) is 69.2 cm³/mol. The van der Waals surface area contributed by atoms with Crippen molar-refractivity contribution in [2.75, 3.05) is 0 Å². The maximum absolute atomic E-state index is 5.86. The molecule has 2 rings (SSSR count). The Kier molecular flexibility index (Phi) is 3.47. The van der Waals surface area contributed by atoms with Crippen LogP contribution in [0.1, 0.15) is 29.6 Å². The van der Waals surface area contributed by atoms with Gasteiger partial charge in [0.2, 0.25) is 0 Å². The van der Waals surface area contributed by atoms with Crippen LogP contribution in [0, 0.1) is 13.8 Å². The molecule has 0 saturated heterocycles. The Morgan fingerprint density at radius 3 is 2.67 bits per heavy atom. The van der Waals surface area contributed by atoms with E-state index in [0.29, 0.717) is 6.54 Å². The van der Waals surface area contributed by atoms with Gasteiger partial charge in [0.1, 0.15) is 5.69 Å². The Morgan fingerprint density at radius 2 is 2.11 bits per heavy atom. The number of hydrogen-bond donors (Lipinski definition) is 1. The van der Waals surface area contributed by atoms with Crippen LogP contribution < -0.4 is 5.73 Å². The minimum atomic E-state index is 0.150. The highest BCUT2D eigenvalue weighted by Gasteiger charge is 2.13. The monoisotopic (exact) mass is 248 g/mol. The third kappa shape index (κ3) is 2.59. The highest BCUT2D eigenvalue weighted by molar-refractivity contribution is 5.25. The van der Waals surface area contributed by atoms with Gasteiger partial charge < -0.3 is 5.73 Å². The van der Waals surface area contributed by atoms with Crippen molar-refractivity contribution >= 4 is 0 Å². The Bertz CT molecular complexity index is 537. The third-order valence-electron chi connectivity index (χ3n) is 3.02. The number of rotatable bonds is 4. The first-order valence-electron chi connectivity index (χ1n) is 6.11. The molecule has 0 fully saturated rings. The van der Waals surface area contributed by atoms with Gasteiger partial charge in [-0.25, -0.2) is 0 Å². The lowest BCUT2D eigenvalue weighted by Gasteiger charge is -2.06. The number of hydrogen-bond acceptors (Lipinski definition) is 4. The van der Waals surface area contributed by atoms with Crippen molar-refractivity contribution in [3.05, 3.63) is 28.8 Å². The minimum absolute atomic E-state index is 0.150. The molecule has 1 unspecified atom stereocenters. The first-order valence-corrected chi connectivity index (χ1v) is 6.11. The summed E-state index contributed by atoms with van der Waals surface area (Å²) in [7, 11) is 1.86. The summed E-state index contributed by atoms with van der Waals surface area (Å²) in [6.07, 6.45) is 2.76. The molecule has 2 N–H and O–H groups in total. The molecule has 1 atom stereocenters. The number of aryl methyl sites for hydroxylation is 2. The van der Waals surface area contributed by atoms with Gasteiger partial charge in [0, 0.05) is 25.0 Å². The lowest BCUT2D eigenvalue weighted by Crippen LogP contribution is -2.18. The Morgan fingerprint density at radius 1 is 1.39 bits per heavy atom. The molecule has 6 heteroatoms. The van der Waals surface area contributed by atoms with Gasteiger partial charge in [0.25, 0.3) is 0 Å². The lowest BCUT2D eigenvalue weighted by atomic mass is 10.1. The molecule has 0 bridgehead atoms. The summed E-state index contributed by atoms with van der Waals surface area (Å²) in [6.45, 7) is 6.77. The van der Waals surface area contributed by atoms with Crippen molar-refractivity contribution in [2.45, 2.75) is 39.8 Å². The van der Waals surface area contributed by atoms with E-state index in [4.69, 9.17) is 5.73 Å². The van der Waals surface area contributed by atoms with E-state index in [2.05, 4.69) is 22.3 Å². The highest BCUT2D eigenvalue weighted by atomic mass is 15.4. The van der Waals surface area contributed by atoms with E-state index < -0.39 is 0 Å². The fourth-order valence-corrected chi connectivity index (χ4v) is 2.13. The second-order valence-corrected chi connectivity index (χ2v) is 4.87. The van der Waals surface area contributed by atoms with Crippen LogP contribution in [-0.4, -0.2) is 30.8 Å². The molecule has 0 radical (unpaired) electrons. The highest BCUT2D eigenvalue weighted by Crippen LogP contribution is 2.15. The molecule has 0 aromatic carbocycles. The molecule has 2 aromatic heterocycles. The molecule has 0 aliphatic carbocycles. The Labute approximate surface area is 107 Å². The van der Waals surface area contributed by atoms with Crippen LogP contribution in [0.5, 0.6) is 0 Å². The SMILES string of the molecule is Cc1nn(Cc2cn(C)nn2)c(C)c1CC(C)N. The van der Waals surface area contributed by atoms with E-state index in [0.717, 1.165) is 23.5 Å². The fraction of sp³-hybridized carbons (Fsp3) is 0.583. The van der Waals surface area contributed by atoms with Gasteiger partial charge in [-0.2, -0.15) is 5.10 Å². The molecule has 2 aromatic rings. The second-order valence-electron chi connectivity index (χ2n) is 4.87. The van der Waals surface area contributed by atoms with Gasteiger partial charge in [-0.3, -0.25) is 9.36 Å². The first kappa shape index (κ1) is 12.8. The molecule has 0 saturated carbocycles. The van der Waals surface area contributed by atoms with Gasteiger partial charge in [0.05, 0.1) is 12.2 Å². The van der Waals surface area contributed by atoms with E-state index in [1.54, 1.807) is 4.68 Å². The molecule has 2 heterocycles. The topological polar surface area (TPSA) is 74.5 Å². The van der Waals surface area contributed by atoms with E-state index in [-0.39, 0.29) is 6.04 Å². The summed E-state index contributed by atoms with van der Waals surface area (Å²) in [5.74, 6) is 0. The molecule has 18 heavy (non-hydrogen) atoms. The summed E-state index contributed by atoms with van der Waals surface area (Å²) >= 11 is 0. The zero-order chi connectivity index (χ0) is 13.3. The maximum atomic E-state index is 5.86. The van der Waals surface area contributed by atoms with E-state index in [9.17, 15) is 0 Å². The summed E-state index contributed by atoms with van der Waals surface area (Å²) in [5, 5.41) is 12.6. The van der Waals surface area contributed by atoms with Crippen LogP contribution in [0.25, 0.3) is 0 Å². The number of nitrogens with two attached hydrogens (primary N) is 1. The number of nitrogens with zero attached hydrogens (tertiary/aromatic N) is 5. The smallest absolute Gasteiger partial charge is 0.104 e. The standard InChI is InChI=1S/C12H20N6/c1-8(13)5-12-9(2)15-18(10(12)3)7-11-6-17(4)16-14-11/h6,8H,5,7,13H2,1-4H3. The van der Waals surface area contributed by atoms with Gasteiger partial charge in [-0.15, -0.1) is 5.10 Å². The van der Waals surface area contributed by atoms with Crippen molar-refractivity contribution in [3.8, 4) is 0 Å². The molecule has 0 amide bonds. The average Bonchev–Trinajstić information content (AvgIpc) is 2.78. The zero-order valence-electron chi connectivity index (χ0n) is 11.4. The molecule has 6 nitrogen and oxygen atoms in total. The quantitative estimate of drug-likeness (QED) is 0.858. The van der Waals surface area contributed by atoms with Gasteiger partial charge >= 0.3 is 0 Å².